The van der Waals surface area contributed by atoms with Gasteiger partial charge in [0, 0.05) is 38.3 Å². The van der Waals surface area contributed by atoms with Gasteiger partial charge in [0.25, 0.3) is 0 Å². The Morgan fingerprint density at radius 3 is 1.41 bits per heavy atom. The highest BCUT2D eigenvalue weighted by Gasteiger charge is 2.29. The van der Waals surface area contributed by atoms with Crippen LogP contribution < -0.4 is 35.6 Å². The monoisotopic (exact) mass is 800 g/mol. The molecule has 14 heteroatoms. The fourth-order valence-corrected chi connectivity index (χ4v) is 6.80. The standard InChI is InChI=1S/C45H45FN6O7/c1-49(33-16-20-35(58-3)21-17-33)43(55)37(25-30-11-7-5-8-12-30)47-41(53)28-51-39-24-15-32(46)27-40(39)52(45(51)57)29-42(54)48-38(26-31-13-9-6-10-14-31)44(56)50(2)34-18-22-36(59-4)23-19-34/h5-24,27,37-38H,25-26,28-29H2,1-4H3,(H,47,53)(H,48,54)/t37-,38-/m0/s1. The van der Waals surface area contributed by atoms with Crippen LogP contribution in [-0.2, 0) is 45.1 Å². The molecule has 59 heavy (non-hydrogen) atoms. The summed E-state index contributed by atoms with van der Waals surface area (Å²) in [6, 6.07) is 33.6. The number of halogens is 1. The third-order valence-electron chi connectivity index (χ3n) is 10.00. The van der Waals surface area contributed by atoms with Crippen LogP contribution in [0.15, 0.2) is 132 Å². The number of aromatic nitrogens is 2. The number of ether oxygens (including phenoxy) is 2. The van der Waals surface area contributed by atoms with Crippen molar-refractivity contribution < 1.29 is 33.0 Å². The molecule has 0 bridgehead atoms. The second-order valence-corrected chi connectivity index (χ2v) is 13.9. The van der Waals surface area contributed by atoms with Crippen molar-refractivity contribution in [3.63, 3.8) is 0 Å². The first-order valence-corrected chi connectivity index (χ1v) is 18.8. The number of carbonyl (C=O) groups excluding carboxylic acids is 4. The van der Waals surface area contributed by atoms with Crippen LogP contribution in [0.3, 0.4) is 0 Å². The van der Waals surface area contributed by atoms with Crippen molar-refractivity contribution in [1.82, 2.24) is 19.8 Å². The highest BCUT2D eigenvalue weighted by Crippen LogP contribution is 2.22. The zero-order valence-electron chi connectivity index (χ0n) is 33.1. The Balaban J connectivity index is 1.24. The first kappa shape index (κ1) is 41.4. The maximum atomic E-state index is 14.7. The summed E-state index contributed by atoms with van der Waals surface area (Å²) in [5, 5.41) is 5.60. The molecule has 6 rings (SSSR count). The molecule has 6 aromatic rings. The molecular weight excluding hydrogens is 756 g/mol. The minimum absolute atomic E-state index is 0.0652. The number of amides is 4. The second kappa shape index (κ2) is 18.8. The van der Waals surface area contributed by atoms with Crippen molar-refractivity contribution in [2.75, 3.05) is 38.1 Å². The van der Waals surface area contributed by atoms with Crippen molar-refractivity contribution in [2.24, 2.45) is 0 Å². The van der Waals surface area contributed by atoms with Gasteiger partial charge in [0.2, 0.25) is 23.6 Å². The van der Waals surface area contributed by atoms with Gasteiger partial charge in [-0.15, -0.1) is 0 Å². The maximum Gasteiger partial charge on any atom is 0.330 e. The van der Waals surface area contributed by atoms with E-state index in [-0.39, 0.29) is 23.9 Å². The molecule has 1 aromatic heterocycles. The highest BCUT2D eigenvalue weighted by molar-refractivity contribution is 6.00. The fraction of sp³-hybridized carbons (Fsp3) is 0.222. The van der Waals surface area contributed by atoms with Crippen LogP contribution in [0.5, 0.6) is 11.5 Å². The van der Waals surface area contributed by atoms with Crippen LogP contribution >= 0.6 is 0 Å². The zero-order chi connectivity index (χ0) is 42.1. The molecule has 0 saturated heterocycles. The number of likely N-dealkylation sites (N-methyl/N-ethyl adjacent to an activating group) is 2. The van der Waals surface area contributed by atoms with Crippen LogP contribution in [0.2, 0.25) is 0 Å². The van der Waals surface area contributed by atoms with E-state index in [2.05, 4.69) is 10.6 Å². The number of rotatable bonds is 16. The number of hydrogen-bond acceptors (Lipinski definition) is 7. The number of imidazole rings is 1. The molecule has 0 spiro atoms. The number of carbonyl (C=O) groups is 4. The average molecular weight is 801 g/mol. The van der Waals surface area contributed by atoms with E-state index >= 15 is 0 Å². The van der Waals surface area contributed by atoms with Crippen molar-refractivity contribution in [3.05, 3.63) is 155 Å². The average Bonchev–Trinajstić information content (AvgIpc) is 3.50. The van der Waals surface area contributed by atoms with Crippen molar-refractivity contribution in [3.8, 4) is 11.5 Å². The van der Waals surface area contributed by atoms with Crippen LogP contribution in [-0.4, -0.2) is 73.2 Å². The number of methoxy groups -OCH3 is 2. The lowest BCUT2D eigenvalue weighted by Crippen LogP contribution is -2.50. The minimum atomic E-state index is -1.04. The molecule has 0 fully saturated rings. The van der Waals surface area contributed by atoms with Gasteiger partial charge in [-0.2, -0.15) is 0 Å². The molecule has 0 aliphatic rings. The van der Waals surface area contributed by atoms with Gasteiger partial charge in [-0.1, -0.05) is 60.7 Å². The van der Waals surface area contributed by atoms with Gasteiger partial charge in [-0.05, 0) is 77.9 Å². The molecule has 0 unspecified atom stereocenters. The second-order valence-electron chi connectivity index (χ2n) is 13.9. The molecule has 0 saturated carbocycles. The molecular formula is C45H45FN6O7. The lowest BCUT2D eigenvalue weighted by Gasteiger charge is -2.25. The summed E-state index contributed by atoms with van der Waals surface area (Å²) in [6.07, 6.45) is 0.304. The SMILES string of the molecule is COc1ccc(N(C)C(=O)[C@H](Cc2ccccc2)NC(=O)Cn2c(=O)n(CC(=O)N[C@@H](Cc3ccccc3)C(=O)N(C)c3ccc(OC)cc3)c3cc(F)ccc32)cc1. The Morgan fingerprint density at radius 1 is 0.593 bits per heavy atom. The van der Waals surface area contributed by atoms with Gasteiger partial charge >= 0.3 is 5.69 Å². The first-order valence-electron chi connectivity index (χ1n) is 18.8. The smallest absolute Gasteiger partial charge is 0.330 e. The number of fused-ring (bicyclic) bond motifs is 1. The Morgan fingerprint density at radius 2 is 1.00 bits per heavy atom. The number of nitrogens with zero attached hydrogens (tertiary/aromatic N) is 4. The molecule has 4 amide bonds. The van der Waals surface area contributed by atoms with Crippen molar-refractivity contribution in [1.29, 1.82) is 0 Å². The van der Waals surface area contributed by atoms with Crippen LogP contribution in [0, 0.1) is 5.82 Å². The largest absolute Gasteiger partial charge is 0.497 e. The summed E-state index contributed by atoms with van der Waals surface area (Å²) >= 11 is 0. The van der Waals surface area contributed by atoms with Crippen LogP contribution in [0.25, 0.3) is 11.0 Å². The van der Waals surface area contributed by atoms with Gasteiger partial charge in [0.15, 0.2) is 0 Å². The van der Waals surface area contributed by atoms with Crippen LogP contribution in [0.4, 0.5) is 15.8 Å². The molecule has 2 N–H and O–H groups in total. The summed E-state index contributed by atoms with van der Waals surface area (Å²) in [5.74, 6) is -1.61. The van der Waals surface area contributed by atoms with Gasteiger partial charge in [0.1, 0.15) is 42.5 Å². The lowest BCUT2D eigenvalue weighted by molar-refractivity contribution is -0.128. The summed E-state index contributed by atoms with van der Waals surface area (Å²) in [6.45, 7) is -1.12. The van der Waals surface area contributed by atoms with Gasteiger partial charge in [-0.25, -0.2) is 9.18 Å². The van der Waals surface area contributed by atoms with E-state index in [1.165, 1.54) is 23.0 Å². The number of anilines is 2. The third kappa shape index (κ3) is 10.0. The van der Waals surface area contributed by atoms with E-state index in [4.69, 9.17) is 9.47 Å². The minimum Gasteiger partial charge on any atom is -0.497 e. The quantitative estimate of drug-likeness (QED) is 0.144. The van der Waals surface area contributed by atoms with E-state index in [1.54, 1.807) is 69.7 Å². The molecule has 5 aromatic carbocycles. The molecule has 304 valence electrons. The Labute approximate surface area is 340 Å². The number of hydrogen-bond donors (Lipinski definition) is 2. The summed E-state index contributed by atoms with van der Waals surface area (Å²) < 4.78 is 27.4. The number of nitrogens with one attached hydrogen (secondary N) is 2. The molecule has 0 radical (unpaired) electrons. The third-order valence-corrected chi connectivity index (χ3v) is 10.00. The molecule has 13 nitrogen and oxygen atoms in total. The number of benzene rings is 5. The van der Waals surface area contributed by atoms with Gasteiger partial charge < -0.3 is 29.9 Å². The van der Waals surface area contributed by atoms with Crippen LogP contribution in [0.1, 0.15) is 11.1 Å². The maximum absolute atomic E-state index is 14.7. The van der Waals surface area contributed by atoms with Crippen molar-refractivity contribution >= 4 is 46.0 Å². The predicted molar refractivity (Wildman–Crippen MR) is 223 cm³/mol. The molecule has 1 heterocycles. The predicted octanol–water partition coefficient (Wildman–Crippen LogP) is 4.74. The van der Waals surface area contributed by atoms with E-state index in [0.29, 0.717) is 22.9 Å². The first-order chi connectivity index (χ1) is 28.4. The molecule has 0 aliphatic carbocycles. The van der Waals surface area contributed by atoms with E-state index in [0.717, 1.165) is 32.4 Å². The van der Waals surface area contributed by atoms with E-state index < -0.39 is 60.3 Å². The highest BCUT2D eigenvalue weighted by atomic mass is 19.1. The summed E-state index contributed by atoms with van der Waals surface area (Å²) in [4.78, 5) is 72.3. The van der Waals surface area contributed by atoms with E-state index in [9.17, 15) is 28.4 Å². The topological polar surface area (TPSA) is 144 Å². The molecule has 2 atom stereocenters. The van der Waals surface area contributed by atoms with Crippen molar-refractivity contribution in [2.45, 2.75) is 38.0 Å². The normalized spacial score (nSPS) is 11.9. The fourth-order valence-electron chi connectivity index (χ4n) is 6.80. The summed E-state index contributed by atoms with van der Waals surface area (Å²) in [5.41, 5.74) is 2.21. The van der Waals surface area contributed by atoms with Gasteiger partial charge in [-0.3, -0.25) is 28.3 Å². The van der Waals surface area contributed by atoms with E-state index in [1.807, 2.05) is 60.7 Å². The lowest BCUT2D eigenvalue weighted by atomic mass is 10.0. The Kier molecular flexibility index (Phi) is 13.2. The van der Waals surface area contributed by atoms with Gasteiger partial charge in [0.05, 0.1) is 25.3 Å². The molecule has 0 aliphatic heterocycles. The Hall–Kier alpha value is -7.22. The zero-order valence-corrected chi connectivity index (χ0v) is 33.1. The summed E-state index contributed by atoms with van der Waals surface area (Å²) in [7, 11) is 6.27. The Bertz CT molecular complexity index is 2470.